The van der Waals surface area contributed by atoms with E-state index in [0.29, 0.717) is 17.9 Å². The van der Waals surface area contributed by atoms with Crippen LogP contribution in [0.1, 0.15) is 71.8 Å². The van der Waals surface area contributed by atoms with Gasteiger partial charge in [0.15, 0.2) is 0 Å². The molecule has 0 aliphatic heterocycles. The Morgan fingerprint density at radius 1 is 1.04 bits per heavy atom. The molecule has 3 heteroatoms. The third-order valence-corrected chi connectivity index (χ3v) is 4.88. The number of allylic oxidation sites excluding steroid dienone is 4. The summed E-state index contributed by atoms with van der Waals surface area (Å²) < 4.78 is 5.14. The number of hydrogen-bond acceptors (Lipinski definition) is 2. The first-order valence-corrected chi connectivity index (χ1v) is 10.2. The highest BCUT2D eigenvalue weighted by molar-refractivity contribution is 5.92. The number of methoxy groups -OCH3 is 1. The van der Waals surface area contributed by atoms with Gasteiger partial charge < -0.3 is 9.84 Å². The molecule has 0 fully saturated rings. The van der Waals surface area contributed by atoms with Gasteiger partial charge in [0.1, 0.15) is 5.75 Å². The SMILES string of the molecule is COc1ccc(/C=C(\CCC(C)CCC=C(C)CCC=C(C)C)C(=O)O)cc1. The van der Waals surface area contributed by atoms with Crippen molar-refractivity contribution in [3.8, 4) is 5.75 Å². The van der Waals surface area contributed by atoms with E-state index < -0.39 is 5.97 Å². The fourth-order valence-electron chi connectivity index (χ4n) is 2.99. The number of carboxylic acid groups (broad SMARTS) is 1. The molecule has 1 unspecified atom stereocenters. The topological polar surface area (TPSA) is 46.5 Å². The Labute approximate surface area is 170 Å². The van der Waals surface area contributed by atoms with E-state index >= 15 is 0 Å². The van der Waals surface area contributed by atoms with Gasteiger partial charge in [-0.2, -0.15) is 0 Å². The maximum absolute atomic E-state index is 11.6. The van der Waals surface area contributed by atoms with Crippen molar-refractivity contribution in [2.45, 2.75) is 66.2 Å². The molecule has 1 N–H and O–H groups in total. The quantitative estimate of drug-likeness (QED) is 0.310. The highest BCUT2D eigenvalue weighted by Crippen LogP contribution is 2.21. The third-order valence-electron chi connectivity index (χ3n) is 4.88. The lowest BCUT2D eigenvalue weighted by Crippen LogP contribution is -2.03. The molecule has 0 saturated carbocycles. The van der Waals surface area contributed by atoms with Gasteiger partial charge in [0.05, 0.1) is 7.11 Å². The van der Waals surface area contributed by atoms with E-state index in [1.165, 1.54) is 11.1 Å². The van der Waals surface area contributed by atoms with E-state index in [4.69, 9.17) is 4.74 Å². The van der Waals surface area contributed by atoms with Gasteiger partial charge in [0, 0.05) is 5.57 Å². The molecule has 0 amide bonds. The first kappa shape index (κ1) is 23.7. The first-order chi connectivity index (χ1) is 13.3. The molecule has 1 aromatic carbocycles. The van der Waals surface area contributed by atoms with Gasteiger partial charge in [0.2, 0.25) is 0 Å². The normalized spacial score (nSPS) is 13.2. The van der Waals surface area contributed by atoms with Gasteiger partial charge >= 0.3 is 5.97 Å². The molecule has 1 rings (SSSR count). The highest BCUT2D eigenvalue weighted by atomic mass is 16.5. The van der Waals surface area contributed by atoms with Crippen LogP contribution in [0.15, 0.2) is 53.1 Å². The van der Waals surface area contributed by atoms with Crippen molar-refractivity contribution in [3.63, 3.8) is 0 Å². The average molecular weight is 385 g/mol. The minimum Gasteiger partial charge on any atom is -0.497 e. The molecule has 0 bridgehead atoms. The molecule has 1 aromatic rings. The Morgan fingerprint density at radius 2 is 1.71 bits per heavy atom. The Morgan fingerprint density at radius 3 is 2.29 bits per heavy atom. The summed E-state index contributed by atoms with van der Waals surface area (Å²) >= 11 is 0. The van der Waals surface area contributed by atoms with E-state index in [-0.39, 0.29) is 0 Å². The van der Waals surface area contributed by atoms with Crippen molar-refractivity contribution in [1.29, 1.82) is 0 Å². The molecule has 0 saturated heterocycles. The van der Waals surface area contributed by atoms with Crippen LogP contribution in [0.5, 0.6) is 5.75 Å². The summed E-state index contributed by atoms with van der Waals surface area (Å²) in [7, 11) is 1.62. The lowest BCUT2D eigenvalue weighted by atomic mass is 9.95. The summed E-state index contributed by atoms with van der Waals surface area (Å²) in [5, 5.41) is 9.51. The first-order valence-electron chi connectivity index (χ1n) is 10.2. The van der Waals surface area contributed by atoms with Gasteiger partial charge in [-0.3, -0.25) is 0 Å². The second kappa shape index (κ2) is 13.0. The predicted molar refractivity (Wildman–Crippen MR) is 119 cm³/mol. The van der Waals surface area contributed by atoms with Crippen LogP contribution in [0.3, 0.4) is 0 Å². The Kier molecular flexibility index (Phi) is 11.0. The standard InChI is InChI=1S/C25H36O3/c1-19(2)8-6-9-20(3)10-7-11-21(4)12-15-23(25(26)27)18-22-13-16-24(28-5)17-14-22/h8,10,13-14,16-18,21H,6-7,9,11-12,15H2,1-5H3,(H,26,27)/b20-10?,23-18+. The largest absolute Gasteiger partial charge is 0.497 e. The molecule has 28 heavy (non-hydrogen) atoms. The van der Waals surface area contributed by atoms with Crippen molar-refractivity contribution in [2.75, 3.05) is 7.11 Å². The molecule has 0 radical (unpaired) electrons. The lowest BCUT2D eigenvalue weighted by molar-refractivity contribution is -0.132. The molecule has 1 atom stereocenters. The summed E-state index contributed by atoms with van der Waals surface area (Å²) in [4.78, 5) is 11.6. The van der Waals surface area contributed by atoms with E-state index in [9.17, 15) is 9.90 Å². The predicted octanol–water partition coefficient (Wildman–Crippen LogP) is 7.05. The van der Waals surface area contributed by atoms with Crippen LogP contribution in [0, 0.1) is 5.92 Å². The third kappa shape index (κ3) is 10.1. The monoisotopic (exact) mass is 384 g/mol. The Hall–Kier alpha value is -2.29. The number of aliphatic carboxylic acids is 1. The zero-order valence-electron chi connectivity index (χ0n) is 18.1. The van der Waals surface area contributed by atoms with Gasteiger partial charge in [-0.15, -0.1) is 0 Å². The van der Waals surface area contributed by atoms with Crippen molar-refractivity contribution in [3.05, 3.63) is 58.7 Å². The molecule has 154 valence electrons. The molecular formula is C25H36O3. The van der Waals surface area contributed by atoms with E-state index in [0.717, 1.165) is 43.4 Å². The van der Waals surface area contributed by atoms with Crippen LogP contribution in [-0.2, 0) is 4.79 Å². The number of carbonyl (C=O) groups is 1. The number of rotatable bonds is 12. The summed E-state index contributed by atoms with van der Waals surface area (Å²) in [5.74, 6) is 0.435. The molecule has 0 aliphatic carbocycles. The van der Waals surface area contributed by atoms with Crippen LogP contribution in [-0.4, -0.2) is 18.2 Å². The number of ether oxygens (including phenoxy) is 1. The van der Waals surface area contributed by atoms with Crippen molar-refractivity contribution < 1.29 is 14.6 Å². The van der Waals surface area contributed by atoms with E-state index in [2.05, 4.69) is 39.8 Å². The smallest absolute Gasteiger partial charge is 0.331 e. The van der Waals surface area contributed by atoms with Crippen LogP contribution in [0.2, 0.25) is 0 Å². The van der Waals surface area contributed by atoms with E-state index in [1.54, 1.807) is 13.2 Å². The minimum absolute atomic E-state index is 0.463. The lowest BCUT2D eigenvalue weighted by Gasteiger charge is -2.11. The average Bonchev–Trinajstić information content (AvgIpc) is 2.65. The second-order valence-corrected chi connectivity index (χ2v) is 7.84. The number of hydrogen-bond donors (Lipinski definition) is 1. The molecule has 0 spiro atoms. The molecule has 0 heterocycles. The van der Waals surface area contributed by atoms with Gasteiger partial charge in [-0.25, -0.2) is 4.79 Å². The van der Waals surface area contributed by atoms with Gasteiger partial charge in [-0.05, 0) is 89.0 Å². The zero-order valence-corrected chi connectivity index (χ0v) is 18.1. The molecular weight excluding hydrogens is 348 g/mol. The Balaban J connectivity index is 2.48. The fourth-order valence-corrected chi connectivity index (χ4v) is 2.99. The summed E-state index contributed by atoms with van der Waals surface area (Å²) in [6.07, 6.45) is 12.2. The molecule has 3 nitrogen and oxygen atoms in total. The summed E-state index contributed by atoms with van der Waals surface area (Å²) in [5.41, 5.74) is 4.17. The Bertz CT molecular complexity index is 689. The maximum atomic E-state index is 11.6. The van der Waals surface area contributed by atoms with Crippen molar-refractivity contribution >= 4 is 12.0 Å². The van der Waals surface area contributed by atoms with Crippen molar-refractivity contribution in [2.24, 2.45) is 5.92 Å². The zero-order chi connectivity index (χ0) is 20.9. The van der Waals surface area contributed by atoms with Crippen molar-refractivity contribution in [1.82, 2.24) is 0 Å². The van der Waals surface area contributed by atoms with Crippen LogP contribution in [0.25, 0.3) is 6.08 Å². The molecule has 0 aromatic heterocycles. The van der Waals surface area contributed by atoms with Gasteiger partial charge in [-0.1, -0.05) is 42.4 Å². The van der Waals surface area contributed by atoms with Crippen LogP contribution >= 0.6 is 0 Å². The number of carboxylic acids is 1. The van der Waals surface area contributed by atoms with Crippen LogP contribution < -0.4 is 4.74 Å². The minimum atomic E-state index is -0.835. The fraction of sp³-hybridized carbons (Fsp3) is 0.480. The second-order valence-electron chi connectivity index (χ2n) is 7.84. The van der Waals surface area contributed by atoms with Crippen LogP contribution in [0.4, 0.5) is 0 Å². The van der Waals surface area contributed by atoms with E-state index in [1.807, 2.05) is 24.3 Å². The summed E-state index contributed by atoms with van der Waals surface area (Å²) in [6, 6.07) is 7.46. The number of benzene rings is 1. The summed E-state index contributed by atoms with van der Waals surface area (Å²) in [6.45, 7) is 8.67. The van der Waals surface area contributed by atoms with Gasteiger partial charge in [0.25, 0.3) is 0 Å². The highest BCUT2D eigenvalue weighted by Gasteiger charge is 2.10. The molecule has 0 aliphatic rings. The maximum Gasteiger partial charge on any atom is 0.331 e.